The number of nitrogens with zero attached hydrogens (tertiary/aromatic N) is 5. The second-order valence-electron chi connectivity index (χ2n) is 8.36. The molecule has 36 heavy (non-hydrogen) atoms. The van der Waals surface area contributed by atoms with E-state index in [1.54, 1.807) is 30.3 Å². The highest BCUT2D eigenvalue weighted by atomic mass is 19.3. The lowest BCUT2D eigenvalue weighted by atomic mass is 9.96. The molecule has 1 amide bonds. The number of rotatable bonds is 11. The average molecular weight is 499 g/mol. The van der Waals surface area contributed by atoms with E-state index in [4.69, 9.17) is 9.72 Å². The zero-order valence-corrected chi connectivity index (χ0v) is 21.3. The van der Waals surface area contributed by atoms with Crippen LogP contribution in [0.4, 0.5) is 14.6 Å². The molecule has 0 fully saturated rings. The number of carbonyl (C=O) groups excluding carboxylic acids is 1. The van der Waals surface area contributed by atoms with Crippen molar-refractivity contribution in [3.63, 3.8) is 0 Å². The Labute approximate surface area is 210 Å². The second-order valence-corrected chi connectivity index (χ2v) is 8.36. The van der Waals surface area contributed by atoms with E-state index in [1.165, 1.54) is 13.2 Å². The van der Waals surface area contributed by atoms with E-state index in [0.717, 1.165) is 35.9 Å². The van der Waals surface area contributed by atoms with E-state index >= 15 is 0 Å². The summed E-state index contributed by atoms with van der Waals surface area (Å²) in [5.41, 5.74) is 2.53. The molecule has 192 valence electrons. The Morgan fingerprint density at radius 2 is 1.86 bits per heavy atom. The van der Waals surface area contributed by atoms with Crippen molar-refractivity contribution in [3.05, 3.63) is 59.2 Å². The van der Waals surface area contributed by atoms with Gasteiger partial charge in [0.15, 0.2) is 5.82 Å². The van der Waals surface area contributed by atoms with Gasteiger partial charge in [0.25, 0.3) is 6.43 Å². The molecule has 3 heterocycles. The second kappa shape index (κ2) is 12.3. The number of pyridine rings is 2. The molecule has 0 unspecified atom stereocenters. The molecule has 0 saturated carbocycles. The Bertz CT molecular complexity index is 1180. The van der Waals surface area contributed by atoms with Crippen LogP contribution in [0.5, 0.6) is 5.88 Å². The van der Waals surface area contributed by atoms with Crippen molar-refractivity contribution in [1.82, 2.24) is 24.8 Å². The van der Waals surface area contributed by atoms with Gasteiger partial charge < -0.3 is 15.0 Å². The van der Waals surface area contributed by atoms with Crippen molar-refractivity contribution in [3.8, 4) is 17.3 Å². The van der Waals surface area contributed by atoms with Gasteiger partial charge in [0.05, 0.1) is 25.4 Å². The van der Waals surface area contributed by atoms with Gasteiger partial charge in [-0.2, -0.15) is 0 Å². The number of ether oxygens (including phenoxy) is 1. The van der Waals surface area contributed by atoms with Crippen LogP contribution in [-0.4, -0.2) is 51.1 Å². The van der Waals surface area contributed by atoms with Crippen molar-refractivity contribution in [2.45, 2.75) is 52.9 Å². The summed E-state index contributed by atoms with van der Waals surface area (Å²) in [6.45, 7) is 7.99. The fraction of sp³-hybridized carbons (Fsp3) is 0.423. The maximum atomic E-state index is 13.6. The third kappa shape index (κ3) is 6.10. The number of hydrogen-bond donors (Lipinski definition) is 1. The van der Waals surface area contributed by atoms with Crippen LogP contribution < -0.4 is 10.1 Å². The van der Waals surface area contributed by atoms with Crippen LogP contribution in [0.1, 0.15) is 61.9 Å². The van der Waals surface area contributed by atoms with Gasteiger partial charge in [-0.05, 0) is 50.5 Å². The van der Waals surface area contributed by atoms with E-state index in [1.807, 2.05) is 19.9 Å². The zero-order valence-electron chi connectivity index (χ0n) is 21.3. The molecule has 0 radical (unpaired) electrons. The van der Waals surface area contributed by atoms with Gasteiger partial charge in [0.1, 0.15) is 5.82 Å². The minimum Gasteiger partial charge on any atom is -0.481 e. The molecule has 0 aliphatic heterocycles. The Morgan fingerprint density at radius 3 is 2.47 bits per heavy atom. The fourth-order valence-corrected chi connectivity index (χ4v) is 3.98. The van der Waals surface area contributed by atoms with Gasteiger partial charge in [0, 0.05) is 42.3 Å². The lowest BCUT2D eigenvalue weighted by molar-refractivity contribution is -0.131. The van der Waals surface area contributed by atoms with E-state index in [-0.39, 0.29) is 29.6 Å². The van der Waals surface area contributed by atoms with Gasteiger partial charge in [-0.25, -0.2) is 28.7 Å². The van der Waals surface area contributed by atoms with Crippen LogP contribution in [0.3, 0.4) is 0 Å². The van der Waals surface area contributed by atoms with Crippen LogP contribution in [0.25, 0.3) is 11.4 Å². The van der Waals surface area contributed by atoms with Crippen LogP contribution in [0.2, 0.25) is 0 Å². The average Bonchev–Trinajstić information content (AvgIpc) is 2.89. The standard InChI is InChI=1S/C26H32F2N6O2/c1-6-9-18-12-20(25-29-10-8-11-30-25)17(4)33-24(18)32-15-34(7-2)26(35)16(3)19-13-22(36-5)31-14-21(19)23(27)28/h8,10-14,16,23H,6-7,9,15H2,1-5H3,(H,32,33)/t16-/m0/s1. The Balaban J connectivity index is 1.83. The monoisotopic (exact) mass is 498 g/mol. The van der Waals surface area contributed by atoms with E-state index in [0.29, 0.717) is 18.2 Å². The highest BCUT2D eigenvalue weighted by Crippen LogP contribution is 2.31. The fourth-order valence-electron chi connectivity index (χ4n) is 3.98. The number of aryl methyl sites for hydroxylation is 2. The van der Waals surface area contributed by atoms with Crippen LogP contribution in [0.15, 0.2) is 36.8 Å². The summed E-state index contributed by atoms with van der Waals surface area (Å²) in [7, 11) is 1.40. The molecule has 0 spiro atoms. The molecule has 3 aromatic rings. The van der Waals surface area contributed by atoms with Crippen molar-refractivity contribution in [2.24, 2.45) is 0 Å². The van der Waals surface area contributed by atoms with E-state index in [2.05, 4.69) is 27.2 Å². The molecular weight excluding hydrogens is 466 g/mol. The molecular formula is C26H32F2N6O2. The normalized spacial score (nSPS) is 11.9. The third-order valence-electron chi connectivity index (χ3n) is 5.97. The predicted octanol–water partition coefficient (Wildman–Crippen LogP) is 5.16. The molecule has 0 saturated heterocycles. The largest absolute Gasteiger partial charge is 0.481 e. The third-order valence-corrected chi connectivity index (χ3v) is 5.97. The number of nitrogens with one attached hydrogen (secondary N) is 1. The number of aromatic nitrogens is 4. The smallest absolute Gasteiger partial charge is 0.265 e. The zero-order chi connectivity index (χ0) is 26.2. The topological polar surface area (TPSA) is 93.1 Å². The molecule has 3 rings (SSSR count). The Kier molecular flexibility index (Phi) is 9.21. The molecule has 0 aromatic carbocycles. The first-order valence-electron chi connectivity index (χ1n) is 11.9. The lowest BCUT2D eigenvalue weighted by Crippen LogP contribution is -2.38. The molecule has 0 bridgehead atoms. The number of methoxy groups -OCH3 is 1. The molecule has 3 aromatic heterocycles. The summed E-state index contributed by atoms with van der Waals surface area (Å²) in [5.74, 6) is 0.361. The van der Waals surface area contributed by atoms with Crippen molar-refractivity contribution >= 4 is 11.7 Å². The number of anilines is 1. The van der Waals surface area contributed by atoms with Crippen LogP contribution in [-0.2, 0) is 11.2 Å². The number of amides is 1. The number of alkyl halides is 2. The Hall–Kier alpha value is -3.69. The number of hydrogen-bond acceptors (Lipinski definition) is 7. The summed E-state index contributed by atoms with van der Waals surface area (Å²) in [5, 5.41) is 3.28. The number of halogens is 2. The number of likely N-dealkylation sites (N-methyl/N-ethyl adjacent to an activating group) is 1. The lowest BCUT2D eigenvalue weighted by Gasteiger charge is -2.27. The van der Waals surface area contributed by atoms with E-state index in [9.17, 15) is 13.6 Å². The Morgan fingerprint density at radius 1 is 1.14 bits per heavy atom. The first-order chi connectivity index (χ1) is 17.3. The molecule has 0 aliphatic rings. The summed E-state index contributed by atoms with van der Waals surface area (Å²) in [6, 6.07) is 5.20. The minimum absolute atomic E-state index is 0.177. The minimum atomic E-state index is -2.75. The summed E-state index contributed by atoms with van der Waals surface area (Å²) >= 11 is 0. The van der Waals surface area contributed by atoms with Crippen molar-refractivity contribution in [1.29, 1.82) is 0 Å². The quantitative estimate of drug-likeness (QED) is 0.365. The van der Waals surface area contributed by atoms with Gasteiger partial charge >= 0.3 is 0 Å². The van der Waals surface area contributed by atoms with Gasteiger partial charge in [-0.15, -0.1) is 0 Å². The summed E-state index contributed by atoms with van der Waals surface area (Å²) in [6.07, 6.45) is 3.38. The van der Waals surface area contributed by atoms with Crippen LogP contribution in [0, 0.1) is 6.92 Å². The summed E-state index contributed by atoms with van der Waals surface area (Å²) < 4.78 is 32.3. The highest BCUT2D eigenvalue weighted by molar-refractivity contribution is 5.84. The highest BCUT2D eigenvalue weighted by Gasteiger charge is 2.27. The number of carbonyl (C=O) groups is 1. The van der Waals surface area contributed by atoms with Crippen molar-refractivity contribution in [2.75, 3.05) is 25.6 Å². The maximum absolute atomic E-state index is 13.6. The van der Waals surface area contributed by atoms with Gasteiger partial charge in [-0.3, -0.25) is 4.79 Å². The maximum Gasteiger partial charge on any atom is 0.265 e. The SMILES string of the molecule is CCCc1cc(-c2ncccn2)c(C)nc1NCN(CC)C(=O)[C@@H](C)c1cc(OC)ncc1C(F)F. The van der Waals surface area contributed by atoms with Crippen molar-refractivity contribution < 1.29 is 18.3 Å². The van der Waals surface area contributed by atoms with Gasteiger partial charge in [-0.1, -0.05) is 13.3 Å². The molecule has 10 heteroatoms. The molecule has 0 aliphatic carbocycles. The predicted molar refractivity (Wildman–Crippen MR) is 134 cm³/mol. The van der Waals surface area contributed by atoms with Crippen LogP contribution >= 0.6 is 0 Å². The molecule has 1 N–H and O–H groups in total. The molecule has 1 atom stereocenters. The van der Waals surface area contributed by atoms with Gasteiger partial charge in [0.2, 0.25) is 11.8 Å². The first kappa shape index (κ1) is 26.9. The molecule has 8 nitrogen and oxygen atoms in total. The van der Waals surface area contributed by atoms with E-state index < -0.39 is 12.3 Å². The first-order valence-corrected chi connectivity index (χ1v) is 11.9. The summed E-state index contributed by atoms with van der Waals surface area (Å²) in [4.78, 5) is 32.2.